The van der Waals surface area contributed by atoms with Crippen LogP contribution in [0.5, 0.6) is 5.75 Å². The number of ether oxygens (including phenoxy) is 1. The number of benzene rings is 3. The molecule has 0 unspecified atom stereocenters. The largest absolute Gasteiger partial charge is 0.496 e. The molecular formula is C29H30N4O3. The predicted octanol–water partition coefficient (Wildman–Crippen LogP) is 5.27. The van der Waals surface area contributed by atoms with Crippen LogP contribution in [0.1, 0.15) is 28.5 Å². The number of likely N-dealkylation sites (N-methyl/N-ethyl adjacent to an activating group) is 1. The smallest absolute Gasteiger partial charge is 0.258 e. The normalized spacial score (nSPS) is 10.7. The van der Waals surface area contributed by atoms with E-state index >= 15 is 0 Å². The van der Waals surface area contributed by atoms with Gasteiger partial charge in [-0.2, -0.15) is 5.10 Å². The molecule has 7 nitrogen and oxygen atoms in total. The first-order valence-electron chi connectivity index (χ1n) is 11.9. The first-order valence-corrected chi connectivity index (χ1v) is 11.9. The van der Waals surface area contributed by atoms with E-state index in [0.717, 1.165) is 28.1 Å². The first kappa shape index (κ1) is 24.7. The lowest BCUT2D eigenvalue weighted by Gasteiger charge is -2.22. The van der Waals surface area contributed by atoms with Gasteiger partial charge in [0.15, 0.2) is 0 Å². The van der Waals surface area contributed by atoms with Gasteiger partial charge in [0.05, 0.1) is 24.1 Å². The molecule has 2 amide bonds. The summed E-state index contributed by atoms with van der Waals surface area (Å²) in [5.41, 5.74) is 4.89. The summed E-state index contributed by atoms with van der Waals surface area (Å²) in [6, 6.07) is 24.7. The Balaban J connectivity index is 1.69. The van der Waals surface area contributed by atoms with Crippen LogP contribution in [-0.2, 0) is 4.79 Å². The monoisotopic (exact) mass is 482 g/mol. The summed E-state index contributed by atoms with van der Waals surface area (Å²) in [5.74, 6) is 0.462. The first-order chi connectivity index (χ1) is 17.4. The van der Waals surface area contributed by atoms with Crippen molar-refractivity contribution in [2.45, 2.75) is 20.8 Å². The highest BCUT2D eigenvalue weighted by molar-refractivity contribution is 6.02. The summed E-state index contributed by atoms with van der Waals surface area (Å²) < 4.78 is 7.11. The molecule has 0 fully saturated rings. The second kappa shape index (κ2) is 10.9. The van der Waals surface area contributed by atoms with Crippen LogP contribution in [0, 0.1) is 13.8 Å². The summed E-state index contributed by atoms with van der Waals surface area (Å²) >= 11 is 0. The number of nitrogens with one attached hydrogen (secondary N) is 1. The maximum absolute atomic E-state index is 13.4. The van der Waals surface area contributed by atoms with Crippen LogP contribution in [-0.4, -0.2) is 46.7 Å². The number of methoxy groups -OCH3 is 1. The number of hydrogen-bond acceptors (Lipinski definition) is 4. The molecular weight excluding hydrogens is 452 g/mol. The van der Waals surface area contributed by atoms with Crippen LogP contribution in [0.15, 0.2) is 78.9 Å². The van der Waals surface area contributed by atoms with Gasteiger partial charge in [-0.05, 0) is 50.1 Å². The average Bonchev–Trinajstić information content (AvgIpc) is 3.22. The van der Waals surface area contributed by atoms with Gasteiger partial charge in [0.2, 0.25) is 5.91 Å². The summed E-state index contributed by atoms with van der Waals surface area (Å²) in [6.07, 6.45) is 0. The maximum Gasteiger partial charge on any atom is 0.258 e. The Kier molecular flexibility index (Phi) is 7.49. The highest BCUT2D eigenvalue weighted by atomic mass is 16.5. The second-order valence-corrected chi connectivity index (χ2v) is 8.44. The van der Waals surface area contributed by atoms with Crippen LogP contribution in [0.4, 0.5) is 5.82 Å². The molecule has 3 aromatic carbocycles. The highest BCUT2D eigenvalue weighted by Crippen LogP contribution is 2.34. The number of hydrogen-bond donors (Lipinski definition) is 1. The zero-order chi connectivity index (χ0) is 25.7. The standard InChI is InChI=1S/C29H30N4O3/c1-5-32(29(35)23-16-10-12-18-25(23)36-4)19-26(34)30-28-27(22-14-7-6-8-15-22)21(3)31-33(28)24-17-11-9-13-20(24)2/h6-18H,5,19H2,1-4H3,(H,30,34). The SMILES string of the molecule is CCN(CC(=O)Nc1c(-c2ccccc2)c(C)nn1-c1ccccc1C)C(=O)c1ccccc1OC. The van der Waals surface area contributed by atoms with E-state index in [2.05, 4.69) is 5.32 Å². The van der Waals surface area contributed by atoms with Crippen molar-refractivity contribution in [2.24, 2.45) is 0 Å². The number of para-hydroxylation sites is 2. The molecule has 1 aromatic heterocycles. The zero-order valence-corrected chi connectivity index (χ0v) is 21.0. The number of carbonyl (C=O) groups is 2. The molecule has 0 saturated carbocycles. The second-order valence-electron chi connectivity index (χ2n) is 8.44. The molecule has 36 heavy (non-hydrogen) atoms. The number of nitrogens with zero attached hydrogens (tertiary/aromatic N) is 3. The topological polar surface area (TPSA) is 76.5 Å². The van der Waals surface area contributed by atoms with Gasteiger partial charge in [-0.15, -0.1) is 0 Å². The zero-order valence-electron chi connectivity index (χ0n) is 21.0. The number of aromatic nitrogens is 2. The van der Waals surface area contributed by atoms with Gasteiger partial charge in [-0.25, -0.2) is 4.68 Å². The van der Waals surface area contributed by atoms with Gasteiger partial charge < -0.3 is 15.0 Å². The highest BCUT2D eigenvalue weighted by Gasteiger charge is 2.24. The minimum Gasteiger partial charge on any atom is -0.496 e. The van der Waals surface area contributed by atoms with Crippen molar-refractivity contribution >= 4 is 17.6 Å². The van der Waals surface area contributed by atoms with E-state index in [1.54, 1.807) is 28.9 Å². The number of aryl methyl sites for hydroxylation is 2. The van der Waals surface area contributed by atoms with E-state index in [-0.39, 0.29) is 18.4 Å². The van der Waals surface area contributed by atoms with Crippen LogP contribution < -0.4 is 10.1 Å². The van der Waals surface area contributed by atoms with Crippen LogP contribution in [0.2, 0.25) is 0 Å². The number of rotatable bonds is 8. The average molecular weight is 483 g/mol. The van der Waals surface area contributed by atoms with Crippen molar-refractivity contribution < 1.29 is 14.3 Å². The molecule has 1 heterocycles. The molecule has 184 valence electrons. The molecule has 1 N–H and O–H groups in total. The van der Waals surface area contributed by atoms with Gasteiger partial charge in [-0.1, -0.05) is 60.7 Å². The lowest BCUT2D eigenvalue weighted by Crippen LogP contribution is -2.38. The predicted molar refractivity (Wildman–Crippen MR) is 142 cm³/mol. The molecule has 0 saturated heterocycles. The molecule has 0 bridgehead atoms. The summed E-state index contributed by atoms with van der Waals surface area (Å²) in [7, 11) is 1.52. The Morgan fingerprint density at radius 1 is 0.944 bits per heavy atom. The van der Waals surface area contributed by atoms with E-state index < -0.39 is 0 Å². The van der Waals surface area contributed by atoms with E-state index in [9.17, 15) is 9.59 Å². The molecule has 0 atom stereocenters. The minimum atomic E-state index is -0.313. The van der Waals surface area contributed by atoms with Crippen molar-refractivity contribution in [2.75, 3.05) is 25.5 Å². The van der Waals surface area contributed by atoms with Crippen molar-refractivity contribution in [3.05, 3.63) is 95.7 Å². The summed E-state index contributed by atoms with van der Waals surface area (Å²) in [5, 5.41) is 7.84. The van der Waals surface area contributed by atoms with Crippen LogP contribution in [0.25, 0.3) is 16.8 Å². The van der Waals surface area contributed by atoms with Gasteiger partial charge in [0.25, 0.3) is 5.91 Å². The number of anilines is 1. The van der Waals surface area contributed by atoms with E-state index in [4.69, 9.17) is 9.84 Å². The molecule has 7 heteroatoms. The molecule has 0 radical (unpaired) electrons. The van der Waals surface area contributed by atoms with Crippen molar-refractivity contribution in [1.29, 1.82) is 0 Å². The lowest BCUT2D eigenvalue weighted by molar-refractivity contribution is -0.116. The Morgan fingerprint density at radius 2 is 1.61 bits per heavy atom. The van der Waals surface area contributed by atoms with E-state index in [1.807, 2.05) is 75.4 Å². The quantitative estimate of drug-likeness (QED) is 0.371. The third kappa shape index (κ3) is 5.00. The Bertz CT molecular complexity index is 1380. The van der Waals surface area contributed by atoms with Crippen LogP contribution >= 0.6 is 0 Å². The van der Waals surface area contributed by atoms with Gasteiger partial charge in [0.1, 0.15) is 18.1 Å². The molecule has 0 spiro atoms. The maximum atomic E-state index is 13.4. The van der Waals surface area contributed by atoms with Gasteiger partial charge in [0, 0.05) is 12.1 Å². The fraction of sp³-hybridized carbons (Fsp3) is 0.207. The van der Waals surface area contributed by atoms with Crippen molar-refractivity contribution in [3.8, 4) is 22.6 Å². The molecule has 4 rings (SSSR count). The number of amides is 2. The van der Waals surface area contributed by atoms with E-state index in [1.165, 1.54) is 12.0 Å². The van der Waals surface area contributed by atoms with Crippen molar-refractivity contribution in [1.82, 2.24) is 14.7 Å². The fourth-order valence-corrected chi connectivity index (χ4v) is 4.23. The van der Waals surface area contributed by atoms with Gasteiger partial charge in [-0.3, -0.25) is 9.59 Å². The Hall–Kier alpha value is -4.39. The Labute approximate surface area is 211 Å². The molecule has 4 aromatic rings. The number of carbonyl (C=O) groups excluding carboxylic acids is 2. The summed E-state index contributed by atoms with van der Waals surface area (Å²) in [4.78, 5) is 28.1. The molecule has 0 aliphatic rings. The van der Waals surface area contributed by atoms with Crippen molar-refractivity contribution in [3.63, 3.8) is 0 Å². The third-order valence-corrected chi connectivity index (χ3v) is 6.07. The summed E-state index contributed by atoms with van der Waals surface area (Å²) in [6.45, 7) is 6.03. The van der Waals surface area contributed by atoms with E-state index in [0.29, 0.717) is 23.7 Å². The van der Waals surface area contributed by atoms with Gasteiger partial charge >= 0.3 is 0 Å². The minimum absolute atomic E-state index is 0.111. The Morgan fingerprint density at radius 3 is 2.31 bits per heavy atom. The lowest BCUT2D eigenvalue weighted by atomic mass is 10.1. The molecule has 0 aliphatic carbocycles. The third-order valence-electron chi connectivity index (χ3n) is 6.07. The van der Waals surface area contributed by atoms with Crippen LogP contribution in [0.3, 0.4) is 0 Å². The fourth-order valence-electron chi connectivity index (χ4n) is 4.23. The molecule has 0 aliphatic heterocycles.